The molecule has 4 aromatic rings. The lowest BCUT2D eigenvalue weighted by Gasteiger charge is -2.11. The summed E-state index contributed by atoms with van der Waals surface area (Å²) in [5, 5.41) is 11.3. The number of nitrogens with one attached hydrogen (secondary N) is 3. The normalized spacial score (nSPS) is 11.5. The van der Waals surface area contributed by atoms with E-state index < -0.39 is 15.8 Å². The summed E-state index contributed by atoms with van der Waals surface area (Å²) >= 11 is 0. The van der Waals surface area contributed by atoms with Gasteiger partial charge >= 0.3 is 5.76 Å². The van der Waals surface area contributed by atoms with Crippen molar-refractivity contribution in [3.05, 3.63) is 64.8 Å². The fourth-order valence-corrected chi connectivity index (χ4v) is 3.16. The molecule has 2 aromatic heterocycles. The number of nitrogens with two attached hydrogens (primary N) is 1. The maximum atomic E-state index is 11.3. The van der Waals surface area contributed by atoms with Crippen LogP contribution in [0.2, 0.25) is 0 Å². The summed E-state index contributed by atoms with van der Waals surface area (Å²) in [6.07, 6.45) is 1.64. The Kier molecular flexibility index (Phi) is 4.53. The molecule has 0 saturated carbocycles. The number of anilines is 4. The number of hydrogen-bond donors (Lipinski definition) is 4. The standard InChI is InChI=1S/C18H16N6O4S/c1-10-9-20-17(22-11-2-5-13(6-3-11)29(19,26)27)24-16(10)21-12-4-7-14-15(8-12)28-18(25)23-14/h2-9H,1H3,(H,23,25)(H2,19,26,27)(H2,20,21,22,24). The van der Waals surface area contributed by atoms with Gasteiger partial charge in [0.2, 0.25) is 16.0 Å². The summed E-state index contributed by atoms with van der Waals surface area (Å²) in [7, 11) is -3.75. The van der Waals surface area contributed by atoms with Crippen LogP contribution in [0.4, 0.5) is 23.1 Å². The van der Waals surface area contributed by atoms with E-state index in [4.69, 9.17) is 9.56 Å². The number of hydrogen-bond acceptors (Lipinski definition) is 8. The number of sulfonamides is 1. The van der Waals surface area contributed by atoms with E-state index in [9.17, 15) is 13.2 Å². The van der Waals surface area contributed by atoms with Gasteiger partial charge in [-0.05, 0) is 43.3 Å². The number of oxazole rings is 1. The van der Waals surface area contributed by atoms with Crippen molar-refractivity contribution in [3.8, 4) is 0 Å². The van der Waals surface area contributed by atoms with Crippen LogP contribution in [0.3, 0.4) is 0 Å². The number of rotatable bonds is 5. The number of aryl methyl sites for hydroxylation is 1. The Morgan fingerprint density at radius 3 is 2.52 bits per heavy atom. The first-order valence-electron chi connectivity index (χ1n) is 8.41. The van der Waals surface area contributed by atoms with Gasteiger partial charge < -0.3 is 15.1 Å². The summed E-state index contributed by atoms with van der Waals surface area (Å²) in [6.45, 7) is 1.85. The zero-order valence-corrected chi connectivity index (χ0v) is 15.9. The lowest BCUT2D eigenvalue weighted by atomic mass is 10.2. The minimum Gasteiger partial charge on any atom is -0.408 e. The van der Waals surface area contributed by atoms with Gasteiger partial charge in [-0.3, -0.25) is 4.98 Å². The number of fused-ring (bicyclic) bond motifs is 1. The molecule has 0 aliphatic heterocycles. The first kappa shape index (κ1) is 18.7. The molecule has 0 atom stereocenters. The number of aromatic nitrogens is 3. The Bertz CT molecular complexity index is 1360. The van der Waals surface area contributed by atoms with Gasteiger partial charge in [0, 0.05) is 29.2 Å². The molecule has 148 valence electrons. The molecular weight excluding hydrogens is 396 g/mol. The van der Waals surface area contributed by atoms with Crippen molar-refractivity contribution in [3.63, 3.8) is 0 Å². The second-order valence-electron chi connectivity index (χ2n) is 6.27. The zero-order valence-electron chi connectivity index (χ0n) is 15.1. The van der Waals surface area contributed by atoms with Gasteiger partial charge in [-0.15, -0.1) is 0 Å². The molecule has 2 aromatic carbocycles. The number of primary sulfonamides is 1. The summed E-state index contributed by atoms with van der Waals surface area (Å²) in [5.74, 6) is 0.354. The topological polar surface area (TPSA) is 156 Å². The molecule has 0 fully saturated rings. The highest BCUT2D eigenvalue weighted by Gasteiger charge is 2.09. The molecule has 0 amide bonds. The molecule has 0 aliphatic carbocycles. The summed E-state index contributed by atoms with van der Waals surface area (Å²) in [5.41, 5.74) is 3.12. The monoisotopic (exact) mass is 412 g/mol. The summed E-state index contributed by atoms with van der Waals surface area (Å²) in [4.78, 5) is 22.6. The van der Waals surface area contributed by atoms with Gasteiger partial charge in [0.05, 0.1) is 10.4 Å². The van der Waals surface area contributed by atoms with E-state index in [0.717, 1.165) is 5.56 Å². The van der Waals surface area contributed by atoms with Gasteiger partial charge in [0.15, 0.2) is 5.58 Å². The third-order valence-electron chi connectivity index (χ3n) is 4.09. The molecule has 2 heterocycles. The number of nitrogens with zero attached hydrogens (tertiary/aromatic N) is 2. The van der Waals surface area contributed by atoms with Crippen molar-refractivity contribution in [1.29, 1.82) is 0 Å². The van der Waals surface area contributed by atoms with E-state index >= 15 is 0 Å². The van der Waals surface area contributed by atoms with Gasteiger partial charge in [0.25, 0.3) is 0 Å². The van der Waals surface area contributed by atoms with Crippen LogP contribution in [0.1, 0.15) is 5.56 Å². The number of aromatic amines is 1. The molecule has 11 heteroatoms. The highest BCUT2D eigenvalue weighted by Crippen LogP contribution is 2.23. The molecule has 4 rings (SSSR count). The fraction of sp³-hybridized carbons (Fsp3) is 0.0556. The van der Waals surface area contributed by atoms with Crippen molar-refractivity contribution in [1.82, 2.24) is 15.0 Å². The van der Waals surface area contributed by atoms with Crippen LogP contribution in [-0.2, 0) is 10.0 Å². The number of H-pyrrole nitrogens is 1. The summed E-state index contributed by atoms with van der Waals surface area (Å²) < 4.78 is 27.7. The third kappa shape index (κ3) is 4.10. The average molecular weight is 412 g/mol. The fourth-order valence-electron chi connectivity index (χ4n) is 2.65. The van der Waals surface area contributed by atoms with Crippen molar-refractivity contribution in [2.45, 2.75) is 11.8 Å². The lowest BCUT2D eigenvalue weighted by molar-refractivity contribution is 0.555. The van der Waals surface area contributed by atoms with Crippen molar-refractivity contribution in [2.24, 2.45) is 5.14 Å². The smallest absolute Gasteiger partial charge is 0.408 e. The molecule has 0 aliphatic rings. The van der Waals surface area contributed by atoms with E-state index in [-0.39, 0.29) is 4.90 Å². The molecule has 5 N–H and O–H groups in total. The van der Waals surface area contributed by atoms with Crippen LogP contribution in [-0.4, -0.2) is 23.4 Å². The Labute approximate surface area is 164 Å². The first-order chi connectivity index (χ1) is 13.8. The van der Waals surface area contributed by atoms with Crippen LogP contribution < -0.4 is 21.5 Å². The predicted octanol–water partition coefficient (Wildman–Crippen LogP) is 2.35. The first-order valence-corrected chi connectivity index (χ1v) is 9.96. The second-order valence-corrected chi connectivity index (χ2v) is 7.83. The van der Waals surface area contributed by atoms with Crippen LogP contribution >= 0.6 is 0 Å². The van der Waals surface area contributed by atoms with Gasteiger partial charge in [-0.2, -0.15) is 4.98 Å². The molecule has 0 radical (unpaired) electrons. The van der Waals surface area contributed by atoms with Crippen molar-refractivity contribution < 1.29 is 12.8 Å². The van der Waals surface area contributed by atoms with Crippen LogP contribution in [0.5, 0.6) is 0 Å². The Balaban J connectivity index is 1.57. The Morgan fingerprint density at radius 2 is 1.79 bits per heavy atom. The minimum absolute atomic E-state index is 0.0158. The van der Waals surface area contributed by atoms with E-state index in [1.807, 2.05) is 6.92 Å². The van der Waals surface area contributed by atoms with Gasteiger partial charge in [-0.25, -0.2) is 23.3 Å². The highest BCUT2D eigenvalue weighted by atomic mass is 32.2. The predicted molar refractivity (Wildman–Crippen MR) is 108 cm³/mol. The van der Waals surface area contributed by atoms with Crippen LogP contribution in [0.25, 0.3) is 11.1 Å². The van der Waals surface area contributed by atoms with Gasteiger partial charge in [-0.1, -0.05) is 0 Å². The maximum Gasteiger partial charge on any atom is 0.417 e. The second kappa shape index (κ2) is 7.04. The average Bonchev–Trinajstić information content (AvgIpc) is 3.03. The molecule has 10 nitrogen and oxygen atoms in total. The molecule has 0 spiro atoms. The highest BCUT2D eigenvalue weighted by molar-refractivity contribution is 7.89. The quantitative estimate of drug-likeness (QED) is 0.389. The third-order valence-corrected chi connectivity index (χ3v) is 5.02. The zero-order chi connectivity index (χ0) is 20.6. The number of benzene rings is 2. The molecular formula is C18H16N6O4S. The van der Waals surface area contributed by atoms with Gasteiger partial charge in [0.1, 0.15) is 5.82 Å². The maximum absolute atomic E-state index is 11.3. The van der Waals surface area contributed by atoms with E-state index in [1.54, 1.807) is 36.5 Å². The molecule has 0 unspecified atom stereocenters. The molecule has 0 saturated heterocycles. The van der Waals surface area contributed by atoms with E-state index in [0.29, 0.717) is 34.2 Å². The van der Waals surface area contributed by atoms with Crippen molar-refractivity contribution in [2.75, 3.05) is 10.6 Å². The Morgan fingerprint density at radius 1 is 1.07 bits per heavy atom. The minimum atomic E-state index is -3.75. The lowest BCUT2D eigenvalue weighted by Crippen LogP contribution is -2.11. The van der Waals surface area contributed by atoms with Crippen LogP contribution in [0.15, 0.2) is 62.8 Å². The van der Waals surface area contributed by atoms with Crippen molar-refractivity contribution >= 4 is 44.3 Å². The molecule has 29 heavy (non-hydrogen) atoms. The van der Waals surface area contributed by atoms with Crippen LogP contribution in [0, 0.1) is 6.92 Å². The Hall–Kier alpha value is -3.70. The molecule has 0 bridgehead atoms. The van der Waals surface area contributed by atoms with E-state index in [2.05, 4.69) is 25.6 Å². The summed E-state index contributed by atoms with van der Waals surface area (Å²) in [6, 6.07) is 11.1. The van der Waals surface area contributed by atoms with E-state index in [1.165, 1.54) is 12.1 Å². The largest absolute Gasteiger partial charge is 0.417 e. The SMILES string of the molecule is Cc1cnc(Nc2ccc(S(N)(=O)=O)cc2)nc1Nc1ccc2[nH]c(=O)oc2c1.